The number of rotatable bonds is 5. The summed E-state index contributed by atoms with van der Waals surface area (Å²) >= 11 is 5.86. The molecule has 0 saturated heterocycles. The minimum atomic E-state index is -0.446. The fourth-order valence-corrected chi connectivity index (χ4v) is 3.37. The van der Waals surface area contributed by atoms with Gasteiger partial charge in [0.2, 0.25) is 0 Å². The summed E-state index contributed by atoms with van der Waals surface area (Å²) in [6.45, 7) is 6.22. The van der Waals surface area contributed by atoms with Gasteiger partial charge in [0.15, 0.2) is 0 Å². The van der Waals surface area contributed by atoms with Crippen molar-refractivity contribution in [1.29, 1.82) is 0 Å². The van der Waals surface area contributed by atoms with Crippen molar-refractivity contribution in [2.24, 2.45) is 0 Å². The van der Waals surface area contributed by atoms with Crippen molar-refractivity contribution >= 4 is 27.7 Å². The lowest BCUT2D eigenvalue weighted by molar-refractivity contribution is 0.108. The van der Waals surface area contributed by atoms with Crippen molar-refractivity contribution in [3.8, 4) is 11.3 Å². The number of hydrogen-bond acceptors (Lipinski definition) is 2. The quantitative estimate of drug-likeness (QED) is 0.509. The molecule has 0 spiro atoms. The number of nitrogens with zero attached hydrogens (tertiary/aromatic N) is 1. The Morgan fingerprint density at radius 2 is 1.80 bits per heavy atom. The zero-order valence-electron chi connectivity index (χ0n) is 14.9. The zero-order chi connectivity index (χ0) is 18.0. The molecule has 3 heteroatoms. The molecule has 0 atom stereocenters. The van der Waals surface area contributed by atoms with Gasteiger partial charge in [0.1, 0.15) is 0 Å². The van der Waals surface area contributed by atoms with E-state index in [1.54, 1.807) is 6.07 Å². The summed E-state index contributed by atoms with van der Waals surface area (Å²) in [6, 6.07) is 14.3. The number of aryl methyl sites for hydroxylation is 3. The maximum Gasteiger partial charge on any atom is 0.253 e. The first-order valence-electron chi connectivity index (χ1n) is 8.70. The van der Waals surface area contributed by atoms with Crippen LogP contribution < -0.4 is 0 Å². The van der Waals surface area contributed by atoms with Crippen molar-refractivity contribution in [3.05, 3.63) is 64.7 Å². The Balaban J connectivity index is 2.12. The molecular weight excluding hydrogens is 330 g/mol. The van der Waals surface area contributed by atoms with Gasteiger partial charge >= 0.3 is 0 Å². The van der Waals surface area contributed by atoms with Gasteiger partial charge < -0.3 is 0 Å². The van der Waals surface area contributed by atoms with Crippen molar-refractivity contribution in [1.82, 2.24) is 4.98 Å². The summed E-state index contributed by atoms with van der Waals surface area (Å²) in [4.78, 5) is 16.8. The highest BCUT2D eigenvalue weighted by molar-refractivity contribution is 6.68. The normalized spacial score (nSPS) is 11.0. The van der Waals surface area contributed by atoms with Crippen LogP contribution >= 0.6 is 11.6 Å². The number of halogens is 1. The number of carbonyl (C=O) groups is 1. The lowest BCUT2D eigenvalue weighted by atomic mass is 9.99. The van der Waals surface area contributed by atoms with E-state index in [9.17, 15) is 4.79 Å². The smallest absolute Gasteiger partial charge is 0.253 e. The van der Waals surface area contributed by atoms with Gasteiger partial charge in [-0.15, -0.1) is 0 Å². The van der Waals surface area contributed by atoms with Crippen LogP contribution in [0.15, 0.2) is 42.5 Å². The molecule has 0 radical (unpaired) electrons. The minimum Gasteiger partial charge on any atom is -0.276 e. The Hall–Kier alpha value is -2.19. The third-order valence-corrected chi connectivity index (χ3v) is 4.73. The van der Waals surface area contributed by atoms with E-state index in [2.05, 4.69) is 37.3 Å². The van der Waals surface area contributed by atoms with Crippen LogP contribution in [-0.4, -0.2) is 10.2 Å². The van der Waals surface area contributed by atoms with Crippen molar-refractivity contribution in [2.75, 3.05) is 0 Å². The number of carbonyl (C=O) groups excluding carboxylic acids is 1. The van der Waals surface area contributed by atoms with Crippen LogP contribution in [0.1, 0.15) is 46.8 Å². The third-order valence-electron chi connectivity index (χ3n) is 4.53. The molecule has 128 valence electrons. The lowest BCUT2D eigenvalue weighted by Crippen LogP contribution is -1.98. The van der Waals surface area contributed by atoms with E-state index in [0.717, 1.165) is 39.7 Å². The molecule has 0 aliphatic rings. The molecule has 0 fully saturated rings. The highest BCUT2D eigenvalue weighted by Gasteiger charge is 2.14. The van der Waals surface area contributed by atoms with Crippen LogP contribution in [0.3, 0.4) is 0 Å². The summed E-state index contributed by atoms with van der Waals surface area (Å²) in [5.74, 6) is 0. The SMILES string of the molecule is CCCCc1ccc(-c2cc(C(=O)Cl)c3cc(C)cc(C)c3n2)cc1. The maximum absolute atomic E-state index is 12.0. The zero-order valence-corrected chi connectivity index (χ0v) is 15.7. The standard InChI is InChI=1S/C22H22ClNO/c1-4-5-6-16-7-9-17(10-8-16)20-13-19(22(23)25)18-12-14(2)11-15(3)21(18)24-20/h7-13H,4-6H2,1-3H3. The Bertz CT molecular complexity index is 929. The molecule has 0 N–H and O–H groups in total. The number of benzene rings is 2. The molecular formula is C22H22ClNO. The fourth-order valence-electron chi connectivity index (χ4n) is 3.21. The first kappa shape index (κ1) is 17.6. The maximum atomic E-state index is 12.0. The molecule has 0 amide bonds. The first-order valence-corrected chi connectivity index (χ1v) is 9.08. The molecule has 3 aromatic rings. The highest BCUT2D eigenvalue weighted by atomic mass is 35.5. The van der Waals surface area contributed by atoms with Crippen LogP contribution in [0.5, 0.6) is 0 Å². The number of fused-ring (bicyclic) bond motifs is 1. The fraction of sp³-hybridized carbons (Fsp3) is 0.273. The molecule has 1 aromatic heterocycles. The van der Waals surface area contributed by atoms with E-state index >= 15 is 0 Å². The molecule has 2 aromatic carbocycles. The second-order valence-electron chi connectivity index (χ2n) is 6.61. The predicted molar refractivity (Wildman–Crippen MR) is 105 cm³/mol. The summed E-state index contributed by atoms with van der Waals surface area (Å²) in [5, 5.41) is 0.374. The number of unbranched alkanes of at least 4 members (excludes halogenated alkanes) is 1. The van der Waals surface area contributed by atoms with Crippen LogP contribution in [0, 0.1) is 13.8 Å². The van der Waals surface area contributed by atoms with Gasteiger partial charge in [-0.3, -0.25) is 4.79 Å². The van der Waals surface area contributed by atoms with Gasteiger partial charge in [0, 0.05) is 16.5 Å². The Morgan fingerprint density at radius 3 is 2.44 bits per heavy atom. The monoisotopic (exact) mass is 351 g/mol. The summed E-state index contributed by atoms with van der Waals surface area (Å²) in [5.41, 5.74) is 6.61. The Morgan fingerprint density at radius 1 is 1.08 bits per heavy atom. The van der Waals surface area contributed by atoms with Gasteiger partial charge in [-0.2, -0.15) is 0 Å². The van der Waals surface area contributed by atoms with Crippen molar-refractivity contribution < 1.29 is 4.79 Å². The second kappa shape index (κ2) is 7.37. The molecule has 0 saturated carbocycles. The molecule has 0 bridgehead atoms. The highest BCUT2D eigenvalue weighted by Crippen LogP contribution is 2.29. The minimum absolute atomic E-state index is 0.446. The van der Waals surface area contributed by atoms with E-state index in [4.69, 9.17) is 16.6 Å². The van der Waals surface area contributed by atoms with Gasteiger partial charge in [-0.25, -0.2) is 4.98 Å². The molecule has 2 nitrogen and oxygen atoms in total. The average molecular weight is 352 g/mol. The number of hydrogen-bond donors (Lipinski definition) is 0. The summed E-state index contributed by atoms with van der Waals surface area (Å²) < 4.78 is 0. The molecule has 0 unspecified atom stereocenters. The van der Waals surface area contributed by atoms with Crippen LogP contribution in [0.4, 0.5) is 0 Å². The average Bonchev–Trinajstić information content (AvgIpc) is 2.59. The van der Waals surface area contributed by atoms with Gasteiger partial charge in [-0.1, -0.05) is 49.2 Å². The lowest BCUT2D eigenvalue weighted by Gasteiger charge is -2.11. The summed E-state index contributed by atoms with van der Waals surface area (Å²) in [7, 11) is 0. The molecule has 1 heterocycles. The van der Waals surface area contributed by atoms with Crippen LogP contribution in [-0.2, 0) is 6.42 Å². The van der Waals surface area contributed by atoms with E-state index in [0.29, 0.717) is 5.56 Å². The van der Waals surface area contributed by atoms with Gasteiger partial charge in [-0.05, 0) is 61.5 Å². The largest absolute Gasteiger partial charge is 0.276 e. The second-order valence-corrected chi connectivity index (χ2v) is 6.95. The summed E-state index contributed by atoms with van der Waals surface area (Å²) in [6.07, 6.45) is 3.47. The van der Waals surface area contributed by atoms with Gasteiger partial charge in [0.25, 0.3) is 5.24 Å². The molecule has 0 aliphatic heterocycles. The number of pyridine rings is 1. The molecule has 25 heavy (non-hydrogen) atoms. The molecule has 0 aliphatic carbocycles. The Labute approximate surface area is 153 Å². The third kappa shape index (κ3) is 3.74. The van der Waals surface area contributed by atoms with Crippen molar-refractivity contribution in [3.63, 3.8) is 0 Å². The van der Waals surface area contributed by atoms with Crippen LogP contribution in [0.2, 0.25) is 0 Å². The topological polar surface area (TPSA) is 30.0 Å². The Kier molecular flexibility index (Phi) is 5.19. The van der Waals surface area contributed by atoms with E-state index in [-0.39, 0.29) is 0 Å². The van der Waals surface area contributed by atoms with Gasteiger partial charge in [0.05, 0.1) is 11.2 Å². The van der Waals surface area contributed by atoms with Crippen molar-refractivity contribution in [2.45, 2.75) is 40.0 Å². The molecule has 3 rings (SSSR count). The van der Waals surface area contributed by atoms with Crippen LogP contribution in [0.25, 0.3) is 22.2 Å². The van der Waals surface area contributed by atoms with E-state index < -0.39 is 5.24 Å². The van der Waals surface area contributed by atoms with E-state index in [1.807, 2.05) is 19.9 Å². The van der Waals surface area contributed by atoms with E-state index in [1.165, 1.54) is 18.4 Å². The first-order chi connectivity index (χ1) is 12.0. The predicted octanol–water partition coefficient (Wildman–Crippen LogP) is 6.24. The number of aromatic nitrogens is 1.